The average Bonchev–Trinajstić information content (AvgIpc) is 2.90. The Labute approximate surface area is 147 Å². The summed E-state index contributed by atoms with van der Waals surface area (Å²) >= 11 is 5.82. The molecule has 128 valence electrons. The first-order valence-corrected chi connectivity index (χ1v) is 7.72. The number of carbonyl (C=O) groups excluding carboxylic acids is 1. The number of carbonyl (C=O) groups is 1. The molecular formula is C17H12ClFN2O4. The summed E-state index contributed by atoms with van der Waals surface area (Å²) < 4.78 is 15.9. The van der Waals surface area contributed by atoms with Crippen molar-refractivity contribution in [3.63, 3.8) is 0 Å². The molecule has 1 aliphatic heterocycles. The quantitative estimate of drug-likeness (QED) is 0.464. The van der Waals surface area contributed by atoms with E-state index in [1.54, 1.807) is 18.2 Å². The van der Waals surface area contributed by atoms with Crippen LogP contribution in [-0.2, 0) is 9.63 Å². The molecule has 0 spiro atoms. The van der Waals surface area contributed by atoms with E-state index in [0.29, 0.717) is 10.6 Å². The van der Waals surface area contributed by atoms with Gasteiger partial charge in [-0.25, -0.2) is 9.18 Å². The molecule has 1 heterocycles. The second kappa shape index (κ2) is 6.60. The Bertz CT molecular complexity index is 841. The molecule has 0 bridgehead atoms. The first-order chi connectivity index (χ1) is 11.9. The molecule has 0 amide bonds. The number of hydrogen-bond acceptors (Lipinski definition) is 5. The third-order valence-corrected chi connectivity index (χ3v) is 4.24. The summed E-state index contributed by atoms with van der Waals surface area (Å²) in [6.45, 7) is -0.789. The lowest BCUT2D eigenvalue weighted by Gasteiger charge is -2.25. The highest BCUT2D eigenvalue weighted by molar-refractivity contribution is 6.30. The average molecular weight is 363 g/mol. The molecule has 0 saturated heterocycles. The topological polar surface area (TPSA) is 81.8 Å². The molecule has 6 nitrogen and oxygen atoms in total. The normalized spacial score (nSPS) is 20.7. The smallest absolute Gasteiger partial charge is 0.314 e. The number of nitrogens with zero attached hydrogens (tertiary/aromatic N) is 2. The van der Waals surface area contributed by atoms with Gasteiger partial charge >= 0.3 is 5.97 Å². The lowest BCUT2D eigenvalue weighted by atomic mass is 9.78. The zero-order valence-electron chi connectivity index (χ0n) is 12.8. The van der Waals surface area contributed by atoms with Gasteiger partial charge in [0.05, 0.1) is 5.92 Å². The van der Waals surface area contributed by atoms with Gasteiger partial charge in [-0.05, 0) is 17.7 Å². The molecule has 2 aromatic rings. The van der Waals surface area contributed by atoms with Crippen LogP contribution in [0, 0.1) is 10.1 Å². The van der Waals surface area contributed by atoms with Crippen molar-refractivity contribution in [2.75, 3.05) is 6.54 Å². The number of benzene rings is 2. The minimum Gasteiger partial charge on any atom is -0.314 e. The molecule has 3 rings (SSSR count). The lowest BCUT2D eigenvalue weighted by Crippen LogP contribution is -2.47. The van der Waals surface area contributed by atoms with Gasteiger partial charge in [0.25, 0.3) is 5.67 Å². The van der Waals surface area contributed by atoms with E-state index in [-0.39, 0.29) is 11.3 Å². The van der Waals surface area contributed by atoms with E-state index in [9.17, 15) is 14.9 Å². The fourth-order valence-electron chi connectivity index (χ4n) is 2.79. The van der Waals surface area contributed by atoms with Crippen LogP contribution in [0.4, 0.5) is 4.39 Å². The molecular weight excluding hydrogens is 351 g/mol. The van der Waals surface area contributed by atoms with Gasteiger partial charge in [-0.15, -0.1) is 0 Å². The molecule has 2 unspecified atom stereocenters. The van der Waals surface area contributed by atoms with Gasteiger partial charge in [0.2, 0.25) is 6.54 Å². The van der Waals surface area contributed by atoms with Crippen molar-refractivity contribution in [1.29, 1.82) is 0 Å². The number of rotatable bonds is 5. The molecule has 2 aromatic carbocycles. The minimum absolute atomic E-state index is 0.266. The summed E-state index contributed by atoms with van der Waals surface area (Å²) in [5.74, 6) is -2.65. The Hall–Kier alpha value is -2.80. The highest BCUT2D eigenvalue weighted by Crippen LogP contribution is 2.40. The molecule has 1 aliphatic rings. The Morgan fingerprint density at radius 3 is 2.44 bits per heavy atom. The van der Waals surface area contributed by atoms with Gasteiger partial charge in [0, 0.05) is 15.5 Å². The molecule has 0 N–H and O–H groups in total. The van der Waals surface area contributed by atoms with Gasteiger partial charge in [0.15, 0.2) is 0 Å². The van der Waals surface area contributed by atoms with E-state index >= 15 is 4.39 Å². The Morgan fingerprint density at radius 2 is 1.84 bits per heavy atom. The fourth-order valence-corrected chi connectivity index (χ4v) is 2.92. The molecule has 25 heavy (non-hydrogen) atoms. The van der Waals surface area contributed by atoms with Crippen molar-refractivity contribution in [3.8, 4) is 0 Å². The largest absolute Gasteiger partial charge is 0.379 e. The van der Waals surface area contributed by atoms with E-state index in [2.05, 4.69) is 9.99 Å². The van der Waals surface area contributed by atoms with Crippen LogP contribution in [-0.4, -0.2) is 28.8 Å². The monoisotopic (exact) mass is 362 g/mol. The fraction of sp³-hybridized carbons (Fsp3) is 0.176. The van der Waals surface area contributed by atoms with Crippen LogP contribution in [0.1, 0.15) is 17.0 Å². The Balaban J connectivity index is 2.10. The SMILES string of the molecule is O=C1ON=C(c2ccc(Cl)cc2)C1(F)C(C[N+](=O)[O-])c1ccccc1. The number of nitro groups is 1. The second-order valence-electron chi connectivity index (χ2n) is 5.52. The maximum absolute atomic E-state index is 15.9. The summed E-state index contributed by atoms with van der Waals surface area (Å²) in [5, 5.41) is 15.1. The van der Waals surface area contributed by atoms with Crippen LogP contribution in [0.3, 0.4) is 0 Å². The first-order valence-electron chi connectivity index (χ1n) is 7.34. The second-order valence-corrected chi connectivity index (χ2v) is 5.95. The minimum atomic E-state index is -2.78. The number of halogens is 2. The molecule has 0 aromatic heterocycles. The third kappa shape index (κ3) is 3.10. The summed E-state index contributed by atoms with van der Waals surface area (Å²) in [6.07, 6.45) is 0. The summed E-state index contributed by atoms with van der Waals surface area (Å²) in [5.41, 5.74) is -2.50. The van der Waals surface area contributed by atoms with Crippen LogP contribution in [0.15, 0.2) is 59.8 Å². The Kier molecular flexibility index (Phi) is 4.50. The summed E-state index contributed by atoms with van der Waals surface area (Å²) in [7, 11) is 0. The van der Waals surface area contributed by atoms with E-state index in [0.717, 1.165) is 0 Å². The Morgan fingerprint density at radius 1 is 1.20 bits per heavy atom. The van der Waals surface area contributed by atoms with Crippen LogP contribution < -0.4 is 0 Å². The predicted molar refractivity (Wildman–Crippen MR) is 89.0 cm³/mol. The standard InChI is InChI=1S/C17H12ClFN2O4/c18-13-8-6-12(7-9-13)15-17(19,16(22)25-20-15)14(10-21(23)24)11-4-2-1-3-5-11/h1-9,14H,10H2. The predicted octanol–water partition coefficient (Wildman–Crippen LogP) is 3.37. The lowest BCUT2D eigenvalue weighted by molar-refractivity contribution is -0.485. The van der Waals surface area contributed by atoms with Crippen molar-refractivity contribution in [3.05, 3.63) is 80.9 Å². The van der Waals surface area contributed by atoms with Crippen molar-refractivity contribution < 1.29 is 18.9 Å². The molecule has 8 heteroatoms. The number of oxime groups is 1. The number of hydrogen-bond donors (Lipinski definition) is 0. The van der Waals surface area contributed by atoms with Gasteiger partial charge in [-0.1, -0.05) is 59.2 Å². The van der Waals surface area contributed by atoms with Crippen LogP contribution >= 0.6 is 11.6 Å². The zero-order valence-corrected chi connectivity index (χ0v) is 13.5. The molecule has 0 aliphatic carbocycles. The van der Waals surface area contributed by atoms with Gasteiger partial charge in [-0.3, -0.25) is 10.1 Å². The van der Waals surface area contributed by atoms with Crippen molar-refractivity contribution in [2.24, 2.45) is 5.16 Å². The van der Waals surface area contributed by atoms with Gasteiger partial charge in [-0.2, -0.15) is 0 Å². The van der Waals surface area contributed by atoms with Crippen LogP contribution in [0.2, 0.25) is 5.02 Å². The highest BCUT2D eigenvalue weighted by atomic mass is 35.5. The van der Waals surface area contributed by atoms with Gasteiger partial charge in [0.1, 0.15) is 5.71 Å². The molecule has 2 atom stereocenters. The van der Waals surface area contributed by atoms with E-state index in [1.807, 2.05) is 0 Å². The molecule has 0 radical (unpaired) electrons. The van der Waals surface area contributed by atoms with Crippen molar-refractivity contribution in [1.82, 2.24) is 0 Å². The molecule has 0 fully saturated rings. The van der Waals surface area contributed by atoms with Crippen molar-refractivity contribution in [2.45, 2.75) is 11.6 Å². The van der Waals surface area contributed by atoms with Crippen LogP contribution in [0.5, 0.6) is 0 Å². The molecule has 0 saturated carbocycles. The zero-order chi connectivity index (χ0) is 18.0. The van der Waals surface area contributed by atoms with Gasteiger partial charge < -0.3 is 4.84 Å². The van der Waals surface area contributed by atoms with E-state index in [4.69, 9.17) is 11.6 Å². The maximum atomic E-state index is 15.9. The van der Waals surface area contributed by atoms with Crippen LogP contribution in [0.25, 0.3) is 0 Å². The highest BCUT2D eigenvalue weighted by Gasteiger charge is 2.59. The third-order valence-electron chi connectivity index (χ3n) is 3.99. The van der Waals surface area contributed by atoms with E-state index in [1.165, 1.54) is 36.4 Å². The number of alkyl halides is 1. The summed E-state index contributed by atoms with van der Waals surface area (Å²) in [6, 6.07) is 14.0. The maximum Gasteiger partial charge on any atom is 0.379 e. The van der Waals surface area contributed by atoms with E-state index < -0.39 is 29.0 Å². The first kappa shape index (κ1) is 17.0. The summed E-state index contributed by atoms with van der Waals surface area (Å²) in [4.78, 5) is 27.2. The van der Waals surface area contributed by atoms with Crippen molar-refractivity contribution >= 4 is 23.3 Å².